The molecule has 0 unspecified atom stereocenters. The van der Waals surface area contributed by atoms with E-state index in [0.717, 1.165) is 24.0 Å². The van der Waals surface area contributed by atoms with E-state index < -0.39 is 10.0 Å². The Bertz CT molecular complexity index is 809. The van der Waals surface area contributed by atoms with Crippen LogP contribution in [0.1, 0.15) is 56.6 Å². The Labute approximate surface area is 175 Å². The minimum Gasteiger partial charge on any atom is -0.348 e. The van der Waals surface area contributed by atoms with Gasteiger partial charge in [-0.15, -0.1) is 0 Å². The van der Waals surface area contributed by atoms with Crippen LogP contribution < -0.4 is 10.2 Å². The van der Waals surface area contributed by atoms with Crippen molar-refractivity contribution in [3.63, 3.8) is 0 Å². The summed E-state index contributed by atoms with van der Waals surface area (Å²) in [5.41, 5.74) is 2.07. The van der Waals surface area contributed by atoms with Crippen molar-refractivity contribution in [1.29, 1.82) is 0 Å². The van der Waals surface area contributed by atoms with Crippen molar-refractivity contribution >= 4 is 15.9 Å². The summed E-state index contributed by atoms with van der Waals surface area (Å²) in [6.07, 6.45) is 7.09. The number of carbonyl (C=O) groups is 1. The number of sulfonamides is 1. The molecule has 1 heterocycles. The van der Waals surface area contributed by atoms with E-state index in [1.54, 1.807) is 16.4 Å². The molecule has 162 valence electrons. The van der Waals surface area contributed by atoms with Crippen molar-refractivity contribution in [3.8, 4) is 0 Å². The van der Waals surface area contributed by atoms with Gasteiger partial charge in [-0.05, 0) is 56.9 Å². The fourth-order valence-corrected chi connectivity index (χ4v) is 5.93. The second kappa shape index (κ2) is 9.58. The van der Waals surface area contributed by atoms with Gasteiger partial charge in [-0.3, -0.25) is 4.79 Å². The van der Waals surface area contributed by atoms with Crippen LogP contribution in [0.15, 0.2) is 23.1 Å². The molecule has 0 spiro atoms. The van der Waals surface area contributed by atoms with Crippen LogP contribution in [0.4, 0.5) is 0 Å². The van der Waals surface area contributed by atoms with Crippen molar-refractivity contribution in [2.75, 3.05) is 26.2 Å². The minimum absolute atomic E-state index is 0.109. The molecule has 1 saturated carbocycles. The Hall–Kier alpha value is -1.44. The maximum atomic E-state index is 13.0. The van der Waals surface area contributed by atoms with Gasteiger partial charge in [0.25, 0.3) is 5.91 Å². The number of benzene rings is 1. The molecule has 2 fully saturated rings. The van der Waals surface area contributed by atoms with Crippen LogP contribution in [0, 0.1) is 13.8 Å². The first-order valence-corrected chi connectivity index (χ1v) is 12.5. The quantitative estimate of drug-likeness (QED) is 0.705. The summed E-state index contributed by atoms with van der Waals surface area (Å²) in [5, 5.41) is 3.24. The van der Waals surface area contributed by atoms with E-state index in [2.05, 4.69) is 5.32 Å². The summed E-state index contributed by atoms with van der Waals surface area (Å²) >= 11 is 0. The summed E-state index contributed by atoms with van der Waals surface area (Å²) in [5.74, 6) is 0.109. The molecule has 0 radical (unpaired) electrons. The molecule has 2 N–H and O–H groups in total. The van der Waals surface area contributed by atoms with E-state index in [1.807, 2.05) is 26.8 Å². The highest BCUT2D eigenvalue weighted by Gasteiger charge is 2.35. The molecule has 1 aromatic carbocycles. The maximum Gasteiger partial charge on any atom is 0.278 e. The van der Waals surface area contributed by atoms with Gasteiger partial charge in [-0.2, -0.15) is 4.31 Å². The van der Waals surface area contributed by atoms with Gasteiger partial charge in [-0.25, -0.2) is 8.42 Å². The average molecular weight is 423 g/mol. The van der Waals surface area contributed by atoms with E-state index in [0.29, 0.717) is 37.1 Å². The molecule has 1 aliphatic heterocycles. The van der Waals surface area contributed by atoms with Crippen LogP contribution in [0.3, 0.4) is 0 Å². The van der Waals surface area contributed by atoms with Crippen LogP contribution in [-0.2, 0) is 14.8 Å². The number of aryl methyl sites for hydroxylation is 2. The zero-order valence-corrected chi connectivity index (χ0v) is 18.9. The average Bonchev–Trinajstić information content (AvgIpc) is 2.98. The Morgan fingerprint density at radius 2 is 1.69 bits per heavy atom. The lowest BCUT2D eigenvalue weighted by Gasteiger charge is -2.34. The number of carbonyl (C=O) groups excluding carboxylic acids is 1. The Morgan fingerprint density at radius 3 is 2.28 bits per heavy atom. The van der Waals surface area contributed by atoms with E-state index in [1.165, 1.54) is 30.6 Å². The lowest BCUT2D eigenvalue weighted by Crippen LogP contribution is -3.19. The number of piperazine rings is 1. The van der Waals surface area contributed by atoms with Gasteiger partial charge >= 0.3 is 0 Å². The van der Waals surface area contributed by atoms with Crippen LogP contribution in [0.2, 0.25) is 0 Å². The van der Waals surface area contributed by atoms with E-state index in [4.69, 9.17) is 0 Å². The molecular formula is C22H36N3O3S+. The van der Waals surface area contributed by atoms with Crippen LogP contribution >= 0.6 is 0 Å². The van der Waals surface area contributed by atoms with Gasteiger partial charge in [0, 0.05) is 6.04 Å². The molecule has 1 aliphatic carbocycles. The van der Waals surface area contributed by atoms with E-state index in [-0.39, 0.29) is 11.9 Å². The number of hydrogen-bond acceptors (Lipinski definition) is 3. The Kier molecular flexibility index (Phi) is 7.35. The molecule has 2 aliphatic rings. The molecule has 0 bridgehead atoms. The molecule has 3 rings (SSSR count). The first-order chi connectivity index (χ1) is 13.8. The fourth-order valence-electron chi connectivity index (χ4n) is 4.41. The molecule has 1 atom stereocenters. The number of amides is 1. The van der Waals surface area contributed by atoms with Crippen LogP contribution in [0.5, 0.6) is 0 Å². The second-order valence-corrected chi connectivity index (χ2v) is 10.7. The highest BCUT2D eigenvalue weighted by molar-refractivity contribution is 7.89. The third-order valence-electron chi connectivity index (χ3n) is 6.69. The van der Waals surface area contributed by atoms with Crippen LogP contribution in [-0.4, -0.2) is 56.9 Å². The lowest BCUT2D eigenvalue weighted by atomic mass is 10.1. The summed E-state index contributed by atoms with van der Waals surface area (Å²) in [6.45, 7) is 8.10. The topological polar surface area (TPSA) is 70.9 Å². The van der Waals surface area contributed by atoms with Gasteiger partial charge in [0.15, 0.2) is 6.04 Å². The lowest BCUT2D eigenvalue weighted by molar-refractivity contribution is -0.917. The van der Waals surface area contributed by atoms with Crippen molar-refractivity contribution < 1.29 is 18.1 Å². The van der Waals surface area contributed by atoms with Gasteiger partial charge in [0.05, 0.1) is 31.1 Å². The third kappa shape index (κ3) is 5.38. The van der Waals surface area contributed by atoms with E-state index in [9.17, 15) is 13.2 Å². The smallest absolute Gasteiger partial charge is 0.278 e. The Morgan fingerprint density at radius 1 is 1.07 bits per heavy atom. The predicted octanol–water partition coefficient (Wildman–Crippen LogP) is 1.42. The van der Waals surface area contributed by atoms with Crippen LogP contribution in [0.25, 0.3) is 0 Å². The molecule has 29 heavy (non-hydrogen) atoms. The number of rotatable bonds is 5. The van der Waals surface area contributed by atoms with Crippen molar-refractivity contribution in [2.45, 2.75) is 76.3 Å². The third-order valence-corrected chi connectivity index (χ3v) is 8.58. The monoisotopic (exact) mass is 422 g/mol. The largest absolute Gasteiger partial charge is 0.348 e. The van der Waals surface area contributed by atoms with E-state index >= 15 is 0 Å². The fraction of sp³-hybridized carbons (Fsp3) is 0.682. The van der Waals surface area contributed by atoms with Gasteiger partial charge in [0.1, 0.15) is 0 Å². The zero-order valence-electron chi connectivity index (χ0n) is 18.0. The first-order valence-electron chi connectivity index (χ1n) is 11.0. The minimum atomic E-state index is -3.48. The van der Waals surface area contributed by atoms with Gasteiger partial charge in [0.2, 0.25) is 10.0 Å². The standard InChI is InChI=1S/C22H35N3O3S/c1-17-10-11-21(16-18(17)2)29(27,28)25-14-12-24(13-15-25)19(3)22(26)23-20-8-6-4-5-7-9-20/h10-11,16,19-20H,4-9,12-15H2,1-3H3,(H,23,26)/p+1/t19-/m0/s1. The van der Waals surface area contributed by atoms with Crippen molar-refractivity contribution in [2.24, 2.45) is 0 Å². The molecule has 1 amide bonds. The maximum absolute atomic E-state index is 13.0. The number of nitrogens with one attached hydrogen (secondary N) is 2. The highest BCUT2D eigenvalue weighted by Crippen LogP contribution is 2.19. The normalized spacial score (nSPS) is 21.5. The van der Waals surface area contributed by atoms with Gasteiger partial charge < -0.3 is 10.2 Å². The number of quaternary nitrogens is 1. The molecular weight excluding hydrogens is 386 g/mol. The van der Waals surface area contributed by atoms with Crippen molar-refractivity contribution in [1.82, 2.24) is 9.62 Å². The molecule has 6 nitrogen and oxygen atoms in total. The van der Waals surface area contributed by atoms with Gasteiger partial charge in [-0.1, -0.05) is 31.7 Å². The Balaban J connectivity index is 1.56. The number of hydrogen-bond donors (Lipinski definition) is 2. The molecule has 7 heteroatoms. The number of nitrogens with zero attached hydrogens (tertiary/aromatic N) is 1. The SMILES string of the molecule is Cc1ccc(S(=O)(=O)N2CC[NH+]([C@@H](C)C(=O)NC3CCCCCC3)CC2)cc1C. The van der Waals surface area contributed by atoms with Crippen molar-refractivity contribution in [3.05, 3.63) is 29.3 Å². The first kappa shape index (κ1) is 22.2. The molecule has 1 aromatic rings. The molecule has 0 aromatic heterocycles. The summed E-state index contributed by atoms with van der Waals surface area (Å²) in [6, 6.07) is 5.47. The molecule has 1 saturated heterocycles. The highest BCUT2D eigenvalue weighted by atomic mass is 32.2. The second-order valence-electron chi connectivity index (χ2n) is 8.73. The zero-order chi connectivity index (χ0) is 21.0. The summed E-state index contributed by atoms with van der Waals surface area (Å²) in [7, 11) is -3.48. The predicted molar refractivity (Wildman–Crippen MR) is 114 cm³/mol. The summed E-state index contributed by atoms with van der Waals surface area (Å²) < 4.78 is 27.6. The summed E-state index contributed by atoms with van der Waals surface area (Å²) in [4.78, 5) is 14.3.